The van der Waals surface area contributed by atoms with E-state index in [-0.39, 0.29) is 5.91 Å². The van der Waals surface area contributed by atoms with Gasteiger partial charge in [0, 0.05) is 36.4 Å². The Morgan fingerprint density at radius 2 is 1.97 bits per heavy atom. The first-order valence-corrected chi connectivity index (χ1v) is 10.1. The number of anilines is 2. The largest absolute Gasteiger partial charge is 0.370 e. The van der Waals surface area contributed by atoms with E-state index in [2.05, 4.69) is 36.4 Å². The summed E-state index contributed by atoms with van der Waals surface area (Å²) < 4.78 is 0. The lowest BCUT2D eigenvalue weighted by Gasteiger charge is -2.17. The summed E-state index contributed by atoms with van der Waals surface area (Å²) in [5.41, 5.74) is 5.22. The Balaban J connectivity index is 1.48. The fourth-order valence-electron chi connectivity index (χ4n) is 3.88. The molecular formula is C23H22N6O. The van der Waals surface area contributed by atoms with Crippen molar-refractivity contribution in [2.24, 2.45) is 0 Å². The summed E-state index contributed by atoms with van der Waals surface area (Å²) in [7, 11) is 0. The molecule has 1 aliphatic rings. The number of pyridine rings is 2. The maximum absolute atomic E-state index is 12.9. The van der Waals surface area contributed by atoms with Crippen LogP contribution in [0.3, 0.4) is 0 Å². The Morgan fingerprint density at radius 3 is 2.80 bits per heavy atom. The third-order valence-electron chi connectivity index (χ3n) is 5.55. The van der Waals surface area contributed by atoms with E-state index in [4.69, 9.17) is 0 Å². The molecule has 150 valence electrons. The van der Waals surface area contributed by atoms with Crippen LogP contribution < -0.4 is 10.2 Å². The Hall–Kier alpha value is -3.74. The van der Waals surface area contributed by atoms with Crippen molar-refractivity contribution < 1.29 is 4.79 Å². The van der Waals surface area contributed by atoms with Gasteiger partial charge in [-0.2, -0.15) is 5.10 Å². The van der Waals surface area contributed by atoms with Gasteiger partial charge in [0.15, 0.2) is 5.69 Å². The number of aromatic amines is 1. The first kappa shape index (κ1) is 18.3. The molecule has 1 aromatic carbocycles. The molecule has 0 bridgehead atoms. The predicted octanol–water partition coefficient (Wildman–Crippen LogP) is 4.18. The minimum Gasteiger partial charge on any atom is -0.370 e. The van der Waals surface area contributed by atoms with Gasteiger partial charge in [-0.25, -0.2) is 4.98 Å². The van der Waals surface area contributed by atoms with Crippen LogP contribution in [0.2, 0.25) is 0 Å². The molecule has 5 rings (SSSR count). The molecule has 1 fully saturated rings. The number of carbonyl (C=O) groups excluding carboxylic acids is 1. The van der Waals surface area contributed by atoms with Crippen LogP contribution in [0, 0.1) is 6.92 Å². The van der Waals surface area contributed by atoms with Crippen molar-refractivity contribution in [2.75, 3.05) is 23.3 Å². The van der Waals surface area contributed by atoms with Crippen molar-refractivity contribution in [3.63, 3.8) is 0 Å². The van der Waals surface area contributed by atoms with Crippen LogP contribution in [0.15, 0.2) is 55.0 Å². The molecule has 4 heterocycles. The van der Waals surface area contributed by atoms with Gasteiger partial charge >= 0.3 is 0 Å². The smallest absolute Gasteiger partial charge is 0.277 e. The summed E-state index contributed by atoms with van der Waals surface area (Å²) in [6, 6.07) is 11.9. The molecule has 7 heteroatoms. The fourth-order valence-corrected chi connectivity index (χ4v) is 3.88. The molecule has 3 aromatic heterocycles. The van der Waals surface area contributed by atoms with E-state index in [0.717, 1.165) is 46.4 Å². The molecule has 0 saturated carbocycles. The number of carbonyl (C=O) groups is 1. The summed E-state index contributed by atoms with van der Waals surface area (Å²) in [5.74, 6) is 0.251. The van der Waals surface area contributed by atoms with Crippen LogP contribution in [0.1, 0.15) is 28.9 Å². The van der Waals surface area contributed by atoms with Crippen molar-refractivity contribution in [1.29, 1.82) is 0 Å². The van der Waals surface area contributed by atoms with Crippen LogP contribution in [-0.4, -0.2) is 39.2 Å². The van der Waals surface area contributed by atoms with Crippen LogP contribution in [-0.2, 0) is 0 Å². The number of benzene rings is 1. The summed E-state index contributed by atoms with van der Waals surface area (Å²) >= 11 is 0. The molecule has 30 heavy (non-hydrogen) atoms. The minimum absolute atomic E-state index is 0.288. The van der Waals surface area contributed by atoms with Crippen LogP contribution in [0.25, 0.3) is 22.0 Å². The molecule has 7 nitrogen and oxygen atoms in total. The minimum atomic E-state index is -0.288. The van der Waals surface area contributed by atoms with Gasteiger partial charge in [-0.15, -0.1) is 0 Å². The van der Waals surface area contributed by atoms with E-state index < -0.39 is 0 Å². The number of nitrogens with one attached hydrogen (secondary N) is 2. The second kappa shape index (κ2) is 7.59. The number of aryl methyl sites for hydroxylation is 1. The normalized spacial score (nSPS) is 13.7. The summed E-state index contributed by atoms with van der Waals surface area (Å²) in [4.78, 5) is 23.9. The molecule has 0 radical (unpaired) electrons. The highest BCUT2D eigenvalue weighted by atomic mass is 16.2. The molecule has 1 aliphatic heterocycles. The average molecular weight is 398 g/mol. The second-order valence-corrected chi connectivity index (χ2v) is 7.58. The van der Waals surface area contributed by atoms with Gasteiger partial charge in [0.25, 0.3) is 5.91 Å². The van der Waals surface area contributed by atoms with Gasteiger partial charge in [0.2, 0.25) is 0 Å². The van der Waals surface area contributed by atoms with E-state index in [1.165, 1.54) is 12.8 Å². The van der Waals surface area contributed by atoms with Gasteiger partial charge < -0.3 is 10.2 Å². The lowest BCUT2D eigenvalue weighted by molar-refractivity contribution is 0.102. The Labute approximate surface area is 174 Å². The first-order valence-electron chi connectivity index (χ1n) is 10.1. The molecule has 1 amide bonds. The lowest BCUT2D eigenvalue weighted by Crippen LogP contribution is -2.17. The van der Waals surface area contributed by atoms with Crippen molar-refractivity contribution in [1.82, 2.24) is 20.2 Å². The van der Waals surface area contributed by atoms with Gasteiger partial charge in [0.05, 0.1) is 17.4 Å². The number of hydrogen-bond acceptors (Lipinski definition) is 5. The maximum Gasteiger partial charge on any atom is 0.277 e. The standard InChI is InChI=1S/C23H22N6O/c1-15-5-4-8-25-22(15)26-23(30)21-19-12-16(6-7-20(19)27-28-21)17-11-18(14-24-13-17)29-9-2-3-10-29/h4-8,11-14H,2-3,9-10H2,1H3,(H,27,28)(H,25,26,30). The molecular weight excluding hydrogens is 376 g/mol. The number of H-pyrrole nitrogens is 1. The van der Waals surface area contributed by atoms with Gasteiger partial charge in [0.1, 0.15) is 5.82 Å². The van der Waals surface area contributed by atoms with E-state index in [1.807, 2.05) is 49.6 Å². The SMILES string of the molecule is Cc1cccnc1NC(=O)c1n[nH]c2ccc(-c3cncc(N4CCCC4)c3)cc12. The Morgan fingerprint density at radius 1 is 1.10 bits per heavy atom. The van der Waals surface area contributed by atoms with E-state index in [9.17, 15) is 4.79 Å². The number of amides is 1. The van der Waals surface area contributed by atoms with Gasteiger partial charge in [-0.05, 0) is 55.2 Å². The van der Waals surface area contributed by atoms with Crippen molar-refractivity contribution >= 4 is 28.3 Å². The summed E-state index contributed by atoms with van der Waals surface area (Å²) in [6.07, 6.45) is 7.87. The van der Waals surface area contributed by atoms with Crippen LogP contribution in [0.4, 0.5) is 11.5 Å². The van der Waals surface area contributed by atoms with E-state index >= 15 is 0 Å². The zero-order valence-electron chi connectivity index (χ0n) is 16.7. The van der Waals surface area contributed by atoms with Crippen LogP contribution >= 0.6 is 0 Å². The Bertz CT molecular complexity index is 1230. The molecule has 0 atom stereocenters. The quantitative estimate of drug-likeness (QED) is 0.538. The molecule has 2 N–H and O–H groups in total. The maximum atomic E-state index is 12.9. The van der Waals surface area contributed by atoms with Crippen molar-refractivity contribution in [3.8, 4) is 11.1 Å². The lowest BCUT2D eigenvalue weighted by atomic mass is 10.0. The highest BCUT2D eigenvalue weighted by Gasteiger charge is 2.17. The number of rotatable bonds is 4. The average Bonchev–Trinajstić information content (AvgIpc) is 3.45. The fraction of sp³-hybridized carbons (Fsp3) is 0.217. The highest BCUT2D eigenvalue weighted by molar-refractivity contribution is 6.11. The van der Waals surface area contributed by atoms with Gasteiger partial charge in [-0.1, -0.05) is 12.1 Å². The van der Waals surface area contributed by atoms with Crippen LogP contribution in [0.5, 0.6) is 0 Å². The molecule has 1 saturated heterocycles. The Kier molecular flexibility index (Phi) is 4.63. The first-order chi connectivity index (χ1) is 14.7. The zero-order valence-corrected chi connectivity index (χ0v) is 16.7. The van der Waals surface area contributed by atoms with Gasteiger partial charge in [-0.3, -0.25) is 14.9 Å². The summed E-state index contributed by atoms with van der Waals surface area (Å²) in [5, 5.41) is 10.8. The number of fused-ring (bicyclic) bond motifs is 1. The zero-order chi connectivity index (χ0) is 20.5. The predicted molar refractivity (Wildman–Crippen MR) is 118 cm³/mol. The van der Waals surface area contributed by atoms with Crippen molar-refractivity contribution in [2.45, 2.75) is 19.8 Å². The number of nitrogens with zero attached hydrogens (tertiary/aromatic N) is 4. The third kappa shape index (κ3) is 3.39. The second-order valence-electron chi connectivity index (χ2n) is 7.58. The van der Waals surface area contributed by atoms with E-state index in [0.29, 0.717) is 11.5 Å². The van der Waals surface area contributed by atoms with E-state index in [1.54, 1.807) is 6.20 Å². The molecule has 4 aromatic rings. The summed E-state index contributed by atoms with van der Waals surface area (Å²) in [6.45, 7) is 4.05. The molecule has 0 aliphatic carbocycles. The monoisotopic (exact) mass is 398 g/mol. The number of aromatic nitrogens is 4. The molecule has 0 unspecified atom stereocenters. The molecule has 0 spiro atoms. The topological polar surface area (TPSA) is 86.8 Å². The van der Waals surface area contributed by atoms with Crippen molar-refractivity contribution in [3.05, 3.63) is 66.2 Å². The highest BCUT2D eigenvalue weighted by Crippen LogP contribution is 2.29. The number of hydrogen-bond donors (Lipinski definition) is 2. The third-order valence-corrected chi connectivity index (χ3v) is 5.55.